The maximum absolute atomic E-state index is 13.4. The predicted molar refractivity (Wildman–Crippen MR) is 60.5 cm³/mol. The number of carboxylic acid groups (broad SMARTS) is 1. The van der Waals surface area contributed by atoms with Crippen LogP contribution in [0.1, 0.15) is 10.4 Å². The molecule has 0 unspecified atom stereocenters. The number of rotatable bonds is 3. The van der Waals surface area contributed by atoms with Gasteiger partial charge in [0.2, 0.25) is 5.88 Å². The van der Waals surface area contributed by atoms with Crippen LogP contribution in [0.15, 0.2) is 30.6 Å². The van der Waals surface area contributed by atoms with Crippen LogP contribution in [0.2, 0.25) is 5.15 Å². The SMILES string of the molecule is O=C(O)c1c(F)cccc1Oc1cncc(Cl)n1. The zero-order valence-electron chi connectivity index (χ0n) is 8.80. The minimum Gasteiger partial charge on any atom is -0.477 e. The van der Waals surface area contributed by atoms with Gasteiger partial charge in [0.05, 0.1) is 12.4 Å². The number of hydrogen-bond acceptors (Lipinski definition) is 4. The van der Waals surface area contributed by atoms with Crippen molar-refractivity contribution in [1.29, 1.82) is 0 Å². The summed E-state index contributed by atoms with van der Waals surface area (Å²) in [5, 5.41) is 8.98. The van der Waals surface area contributed by atoms with E-state index in [4.69, 9.17) is 21.4 Å². The first-order valence-electron chi connectivity index (χ1n) is 4.75. The Morgan fingerprint density at radius 1 is 1.39 bits per heavy atom. The summed E-state index contributed by atoms with van der Waals surface area (Å²) < 4.78 is 18.5. The van der Waals surface area contributed by atoms with Crippen LogP contribution in [-0.2, 0) is 0 Å². The fourth-order valence-corrected chi connectivity index (χ4v) is 1.42. The molecule has 1 N–H and O–H groups in total. The maximum Gasteiger partial charge on any atom is 0.342 e. The van der Waals surface area contributed by atoms with Crippen LogP contribution >= 0.6 is 11.6 Å². The highest BCUT2D eigenvalue weighted by Crippen LogP contribution is 2.26. The van der Waals surface area contributed by atoms with Crippen molar-refractivity contribution in [3.63, 3.8) is 0 Å². The highest BCUT2D eigenvalue weighted by Gasteiger charge is 2.17. The minimum atomic E-state index is -1.43. The van der Waals surface area contributed by atoms with E-state index < -0.39 is 17.3 Å². The van der Waals surface area contributed by atoms with Crippen LogP contribution < -0.4 is 4.74 Å². The summed E-state index contributed by atoms with van der Waals surface area (Å²) in [6.45, 7) is 0. The lowest BCUT2D eigenvalue weighted by Crippen LogP contribution is -2.04. The lowest BCUT2D eigenvalue weighted by molar-refractivity contribution is 0.0689. The Morgan fingerprint density at radius 3 is 2.83 bits per heavy atom. The molecule has 2 rings (SSSR count). The summed E-state index contributed by atoms with van der Waals surface area (Å²) in [5.74, 6) is -2.51. The van der Waals surface area contributed by atoms with Crippen molar-refractivity contribution in [2.45, 2.75) is 0 Å². The number of hydrogen-bond donors (Lipinski definition) is 1. The Hall–Kier alpha value is -2.21. The number of carboxylic acids is 1. The third-order valence-electron chi connectivity index (χ3n) is 1.99. The Morgan fingerprint density at radius 2 is 2.17 bits per heavy atom. The van der Waals surface area contributed by atoms with Gasteiger partial charge in [-0.2, -0.15) is 4.98 Å². The average Bonchev–Trinajstić information content (AvgIpc) is 2.28. The minimum absolute atomic E-state index is 0.0180. The molecule has 92 valence electrons. The van der Waals surface area contributed by atoms with E-state index in [1.54, 1.807) is 0 Å². The standard InChI is InChI=1S/C11H6ClFN2O3/c12-8-4-14-5-9(15-8)18-7-3-1-2-6(13)10(7)11(16)17/h1-5H,(H,16,17). The molecule has 0 radical (unpaired) electrons. The lowest BCUT2D eigenvalue weighted by atomic mass is 10.2. The normalized spacial score (nSPS) is 10.1. The predicted octanol–water partition coefficient (Wildman–Crippen LogP) is 2.76. The highest BCUT2D eigenvalue weighted by atomic mass is 35.5. The van der Waals surface area contributed by atoms with E-state index in [1.165, 1.54) is 24.5 Å². The summed E-state index contributed by atoms with van der Waals surface area (Å²) in [7, 11) is 0. The van der Waals surface area contributed by atoms with Gasteiger partial charge in [-0.25, -0.2) is 9.18 Å². The molecule has 0 bridgehead atoms. The molecule has 1 heterocycles. The Balaban J connectivity index is 2.40. The summed E-state index contributed by atoms with van der Waals surface area (Å²) >= 11 is 5.60. The number of ether oxygens (including phenoxy) is 1. The first-order chi connectivity index (χ1) is 8.58. The molecule has 0 aliphatic rings. The first-order valence-corrected chi connectivity index (χ1v) is 5.13. The van der Waals surface area contributed by atoms with E-state index in [1.807, 2.05) is 0 Å². The van der Waals surface area contributed by atoms with Crippen molar-refractivity contribution in [3.05, 3.63) is 47.1 Å². The number of nitrogens with zero attached hydrogens (tertiary/aromatic N) is 2. The molecule has 0 fully saturated rings. The van der Waals surface area contributed by atoms with Crippen LogP contribution in [-0.4, -0.2) is 21.0 Å². The van der Waals surface area contributed by atoms with Gasteiger partial charge in [-0.05, 0) is 12.1 Å². The van der Waals surface area contributed by atoms with Gasteiger partial charge < -0.3 is 9.84 Å². The van der Waals surface area contributed by atoms with Crippen LogP contribution in [0.3, 0.4) is 0 Å². The highest BCUT2D eigenvalue weighted by molar-refractivity contribution is 6.29. The van der Waals surface area contributed by atoms with Crippen LogP contribution in [0.4, 0.5) is 4.39 Å². The summed E-state index contributed by atoms with van der Waals surface area (Å²) in [4.78, 5) is 18.4. The second-order valence-electron chi connectivity index (χ2n) is 3.20. The van der Waals surface area contributed by atoms with Crippen molar-refractivity contribution in [2.24, 2.45) is 0 Å². The second-order valence-corrected chi connectivity index (χ2v) is 3.59. The Labute approximate surface area is 106 Å². The van der Waals surface area contributed by atoms with Gasteiger partial charge in [0.25, 0.3) is 0 Å². The fourth-order valence-electron chi connectivity index (χ4n) is 1.28. The van der Waals surface area contributed by atoms with E-state index >= 15 is 0 Å². The monoisotopic (exact) mass is 268 g/mol. The molecule has 0 amide bonds. The van der Waals surface area contributed by atoms with E-state index in [9.17, 15) is 9.18 Å². The molecule has 18 heavy (non-hydrogen) atoms. The molecule has 5 nitrogen and oxygen atoms in total. The van der Waals surface area contributed by atoms with Crippen molar-refractivity contribution >= 4 is 17.6 Å². The number of aromatic nitrogens is 2. The third-order valence-corrected chi connectivity index (χ3v) is 2.17. The van der Waals surface area contributed by atoms with Gasteiger partial charge in [0, 0.05) is 0 Å². The fraction of sp³-hybridized carbons (Fsp3) is 0. The molecule has 0 spiro atoms. The zero-order valence-corrected chi connectivity index (χ0v) is 9.56. The van der Waals surface area contributed by atoms with Crippen molar-refractivity contribution in [2.75, 3.05) is 0 Å². The number of halogens is 2. The lowest BCUT2D eigenvalue weighted by Gasteiger charge is -2.07. The van der Waals surface area contributed by atoms with Crippen molar-refractivity contribution in [3.8, 4) is 11.6 Å². The van der Waals surface area contributed by atoms with Gasteiger partial charge in [-0.3, -0.25) is 4.98 Å². The molecule has 0 aliphatic heterocycles. The van der Waals surface area contributed by atoms with Gasteiger partial charge in [0.15, 0.2) is 5.15 Å². The molecular formula is C11H6ClFN2O3. The molecule has 0 saturated heterocycles. The molecule has 0 atom stereocenters. The van der Waals surface area contributed by atoms with Crippen molar-refractivity contribution in [1.82, 2.24) is 9.97 Å². The molecular weight excluding hydrogens is 263 g/mol. The Kier molecular flexibility index (Phi) is 3.38. The molecule has 0 saturated carbocycles. The second kappa shape index (κ2) is 4.97. The molecule has 0 aliphatic carbocycles. The number of aromatic carboxylic acids is 1. The summed E-state index contributed by atoms with van der Waals surface area (Å²) in [6.07, 6.45) is 2.53. The zero-order chi connectivity index (χ0) is 13.1. The molecule has 2 aromatic rings. The Bertz CT molecular complexity index is 607. The molecule has 7 heteroatoms. The summed E-state index contributed by atoms with van der Waals surface area (Å²) in [6, 6.07) is 3.67. The van der Waals surface area contributed by atoms with E-state index in [0.29, 0.717) is 0 Å². The van der Waals surface area contributed by atoms with Crippen LogP contribution in [0.25, 0.3) is 0 Å². The van der Waals surface area contributed by atoms with Gasteiger partial charge in [0.1, 0.15) is 17.1 Å². The quantitative estimate of drug-likeness (QED) is 0.927. The van der Waals surface area contributed by atoms with Gasteiger partial charge in [-0.1, -0.05) is 17.7 Å². The van der Waals surface area contributed by atoms with Gasteiger partial charge >= 0.3 is 5.97 Å². The summed E-state index contributed by atoms with van der Waals surface area (Å²) in [5.41, 5.74) is -0.570. The third kappa shape index (κ3) is 2.54. The molecule has 1 aromatic carbocycles. The smallest absolute Gasteiger partial charge is 0.342 e. The molecule has 1 aromatic heterocycles. The van der Waals surface area contributed by atoms with Gasteiger partial charge in [-0.15, -0.1) is 0 Å². The largest absolute Gasteiger partial charge is 0.477 e. The van der Waals surface area contributed by atoms with Crippen LogP contribution in [0, 0.1) is 5.82 Å². The van der Waals surface area contributed by atoms with Crippen LogP contribution in [0.5, 0.6) is 11.6 Å². The number of carbonyl (C=O) groups is 1. The topological polar surface area (TPSA) is 72.3 Å². The number of benzene rings is 1. The maximum atomic E-state index is 13.4. The average molecular weight is 269 g/mol. The van der Waals surface area contributed by atoms with E-state index in [2.05, 4.69) is 9.97 Å². The van der Waals surface area contributed by atoms with E-state index in [-0.39, 0.29) is 16.8 Å². The first kappa shape index (κ1) is 12.3. The van der Waals surface area contributed by atoms with E-state index in [0.717, 1.165) is 6.07 Å². The van der Waals surface area contributed by atoms with Crippen molar-refractivity contribution < 1.29 is 19.0 Å².